The lowest BCUT2D eigenvalue weighted by Crippen LogP contribution is -2.01. The summed E-state index contributed by atoms with van der Waals surface area (Å²) in [5.74, 6) is 0.936. The van der Waals surface area contributed by atoms with Gasteiger partial charge < -0.3 is 5.32 Å². The minimum atomic E-state index is 0.826. The average molecular weight is 275 g/mol. The highest BCUT2D eigenvalue weighted by molar-refractivity contribution is 7.18. The SMILES string of the molecule is Cc1ccsc1CNc1ncnc2c(C)csc12. The molecule has 0 atom stereocenters. The zero-order valence-corrected chi connectivity index (χ0v) is 11.9. The zero-order valence-electron chi connectivity index (χ0n) is 10.2. The van der Waals surface area contributed by atoms with Gasteiger partial charge in [-0.1, -0.05) is 0 Å². The number of hydrogen-bond acceptors (Lipinski definition) is 5. The van der Waals surface area contributed by atoms with Crippen LogP contribution in [-0.4, -0.2) is 9.97 Å². The molecule has 0 bridgehead atoms. The normalized spacial score (nSPS) is 11.0. The van der Waals surface area contributed by atoms with E-state index in [9.17, 15) is 0 Å². The van der Waals surface area contributed by atoms with Gasteiger partial charge in [-0.3, -0.25) is 0 Å². The van der Waals surface area contributed by atoms with E-state index in [2.05, 4.69) is 46.0 Å². The third-order valence-electron chi connectivity index (χ3n) is 2.92. The van der Waals surface area contributed by atoms with Crippen LogP contribution in [0.1, 0.15) is 16.0 Å². The van der Waals surface area contributed by atoms with Gasteiger partial charge in [0, 0.05) is 4.88 Å². The second kappa shape index (κ2) is 4.66. The summed E-state index contributed by atoms with van der Waals surface area (Å²) in [5.41, 5.74) is 3.60. The van der Waals surface area contributed by atoms with Crippen molar-refractivity contribution in [3.05, 3.63) is 39.2 Å². The highest BCUT2D eigenvalue weighted by atomic mass is 32.1. The molecular formula is C13H13N3S2. The first-order valence-electron chi connectivity index (χ1n) is 5.71. The summed E-state index contributed by atoms with van der Waals surface area (Å²) in [4.78, 5) is 10.0. The third-order valence-corrected chi connectivity index (χ3v) is 5.03. The van der Waals surface area contributed by atoms with Gasteiger partial charge in [0.05, 0.1) is 16.8 Å². The van der Waals surface area contributed by atoms with Crippen molar-refractivity contribution >= 4 is 38.7 Å². The van der Waals surface area contributed by atoms with Gasteiger partial charge in [0.25, 0.3) is 0 Å². The van der Waals surface area contributed by atoms with E-state index in [1.165, 1.54) is 16.0 Å². The predicted molar refractivity (Wildman–Crippen MR) is 78.5 cm³/mol. The van der Waals surface area contributed by atoms with Crippen molar-refractivity contribution in [3.63, 3.8) is 0 Å². The van der Waals surface area contributed by atoms with Crippen LogP contribution in [0, 0.1) is 13.8 Å². The van der Waals surface area contributed by atoms with Gasteiger partial charge in [-0.2, -0.15) is 0 Å². The van der Waals surface area contributed by atoms with Gasteiger partial charge in [0.2, 0.25) is 0 Å². The van der Waals surface area contributed by atoms with Crippen LogP contribution in [0.2, 0.25) is 0 Å². The molecule has 0 unspecified atom stereocenters. The van der Waals surface area contributed by atoms with Crippen LogP contribution in [-0.2, 0) is 6.54 Å². The first-order chi connectivity index (χ1) is 8.75. The van der Waals surface area contributed by atoms with Gasteiger partial charge >= 0.3 is 0 Å². The Hall–Kier alpha value is -1.46. The van der Waals surface area contributed by atoms with E-state index >= 15 is 0 Å². The Morgan fingerprint density at radius 1 is 1.17 bits per heavy atom. The van der Waals surface area contributed by atoms with Gasteiger partial charge in [-0.25, -0.2) is 9.97 Å². The number of fused-ring (bicyclic) bond motifs is 1. The van der Waals surface area contributed by atoms with Crippen molar-refractivity contribution in [2.75, 3.05) is 5.32 Å². The number of nitrogens with one attached hydrogen (secondary N) is 1. The third kappa shape index (κ3) is 2.00. The Morgan fingerprint density at radius 3 is 2.83 bits per heavy atom. The van der Waals surface area contributed by atoms with Gasteiger partial charge in [-0.05, 0) is 41.8 Å². The van der Waals surface area contributed by atoms with Gasteiger partial charge in [0.15, 0.2) is 0 Å². The zero-order chi connectivity index (χ0) is 12.5. The molecule has 0 saturated heterocycles. The summed E-state index contributed by atoms with van der Waals surface area (Å²) in [6.07, 6.45) is 1.63. The molecule has 0 aromatic carbocycles. The number of hydrogen-bond donors (Lipinski definition) is 1. The molecule has 5 heteroatoms. The molecular weight excluding hydrogens is 262 g/mol. The molecule has 18 heavy (non-hydrogen) atoms. The quantitative estimate of drug-likeness (QED) is 0.785. The molecule has 3 aromatic rings. The summed E-state index contributed by atoms with van der Waals surface area (Å²) >= 11 is 3.47. The number of nitrogens with zero attached hydrogens (tertiary/aromatic N) is 2. The van der Waals surface area contributed by atoms with Crippen molar-refractivity contribution < 1.29 is 0 Å². The highest BCUT2D eigenvalue weighted by Gasteiger charge is 2.08. The van der Waals surface area contributed by atoms with E-state index in [1.807, 2.05) is 0 Å². The van der Waals surface area contributed by atoms with Crippen LogP contribution < -0.4 is 5.32 Å². The van der Waals surface area contributed by atoms with Crippen LogP contribution in [0.5, 0.6) is 0 Å². The molecule has 1 N–H and O–H groups in total. The summed E-state index contributed by atoms with van der Waals surface area (Å²) < 4.78 is 1.14. The van der Waals surface area contributed by atoms with Crippen molar-refractivity contribution in [2.45, 2.75) is 20.4 Å². The fourth-order valence-electron chi connectivity index (χ4n) is 1.84. The van der Waals surface area contributed by atoms with Crippen LogP contribution in [0.4, 0.5) is 5.82 Å². The summed E-state index contributed by atoms with van der Waals surface area (Å²) in [6, 6.07) is 2.15. The number of anilines is 1. The predicted octanol–water partition coefficient (Wildman–Crippen LogP) is 3.98. The molecule has 0 fully saturated rings. The molecule has 92 valence electrons. The minimum Gasteiger partial charge on any atom is -0.364 e. The molecule has 3 nitrogen and oxygen atoms in total. The molecule has 0 aliphatic heterocycles. The van der Waals surface area contributed by atoms with Crippen molar-refractivity contribution in [1.29, 1.82) is 0 Å². The van der Waals surface area contributed by atoms with Crippen molar-refractivity contribution in [3.8, 4) is 0 Å². The Morgan fingerprint density at radius 2 is 2.06 bits per heavy atom. The lowest BCUT2D eigenvalue weighted by molar-refractivity contribution is 1.12. The molecule has 0 spiro atoms. The maximum Gasteiger partial charge on any atom is 0.147 e. The fourth-order valence-corrected chi connectivity index (χ4v) is 3.66. The van der Waals surface area contributed by atoms with Crippen LogP contribution in [0.3, 0.4) is 0 Å². The van der Waals surface area contributed by atoms with Gasteiger partial charge in [0.1, 0.15) is 12.1 Å². The fraction of sp³-hybridized carbons (Fsp3) is 0.231. The topological polar surface area (TPSA) is 37.8 Å². The summed E-state index contributed by atoms with van der Waals surface area (Å²) in [5, 5.41) is 7.66. The largest absolute Gasteiger partial charge is 0.364 e. The van der Waals surface area contributed by atoms with E-state index < -0.39 is 0 Å². The van der Waals surface area contributed by atoms with E-state index in [-0.39, 0.29) is 0 Å². The Bertz CT molecular complexity index is 684. The lowest BCUT2D eigenvalue weighted by atomic mass is 10.3. The number of aryl methyl sites for hydroxylation is 2. The first kappa shape index (κ1) is 11.6. The smallest absolute Gasteiger partial charge is 0.147 e. The maximum atomic E-state index is 4.34. The van der Waals surface area contributed by atoms with Crippen LogP contribution in [0.25, 0.3) is 10.2 Å². The molecule has 0 radical (unpaired) electrons. The first-order valence-corrected chi connectivity index (χ1v) is 7.47. The van der Waals surface area contributed by atoms with Crippen molar-refractivity contribution in [2.24, 2.45) is 0 Å². The molecule has 3 heterocycles. The second-order valence-electron chi connectivity index (χ2n) is 4.20. The van der Waals surface area contributed by atoms with E-state index in [4.69, 9.17) is 0 Å². The Labute approximate surface area is 114 Å². The van der Waals surface area contributed by atoms with E-state index in [1.54, 1.807) is 29.0 Å². The lowest BCUT2D eigenvalue weighted by Gasteiger charge is -2.05. The standard InChI is InChI=1S/C13H13N3S2/c1-8-3-4-17-10(8)5-14-13-12-11(15-7-16-13)9(2)6-18-12/h3-4,6-7H,5H2,1-2H3,(H,14,15,16). The monoisotopic (exact) mass is 275 g/mol. The molecule has 0 saturated carbocycles. The van der Waals surface area contributed by atoms with E-state index in [0.717, 1.165) is 22.6 Å². The summed E-state index contributed by atoms with van der Waals surface area (Å²) in [6.45, 7) is 5.05. The molecule has 3 rings (SSSR count). The molecule has 0 amide bonds. The summed E-state index contributed by atoms with van der Waals surface area (Å²) in [7, 11) is 0. The maximum absolute atomic E-state index is 4.34. The highest BCUT2D eigenvalue weighted by Crippen LogP contribution is 2.29. The second-order valence-corrected chi connectivity index (χ2v) is 6.08. The van der Waals surface area contributed by atoms with Crippen LogP contribution >= 0.6 is 22.7 Å². The minimum absolute atomic E-state index is 0.826. The average Bonchev–Trinajstić information content (AvgIpc) is 2.95. The van der Waals surface area contributed by atoms with Gasteiger partial charge in [-0.15, -0.1) is 22.7 Å². The molecule has 0 aliphatic carbocycles. The Kier molecular flexibility index (Phi) is 3.01. The van der Waals surface area contributed by atoms with Crippen molar-refractivity contribution in [1.82, 2.24) is 9.97 Å². The van der Waals surface area contributed by atoms with Crippen LogP contribution in [0.15, 0.2) is 23.2 Å². The molecule has 0 aliphatic rings. The number of thiophene rings is 2. The number of rotatable bonds is 3. The Balaban J connectivity index is 1.89. The number of aromatic nitrogens is 2. The molecule has 3 aromatic heterocycles. The van der Waals surface area contributed by atoms with E-state index in [0.29, 0.717) is 0 Å².